The van der Waals surface area contributed by atoms with Gasteiger partial charge in [-0.15, -0.1) is 0 Å². The predicted octanol–water partition coefficient (Wildman–Crippen LogP) is -1.26. The molecule has 0 fully saturated rings. The molecule has 3 nitrogen and oxygen atoms in total. The average molecular weight is 162 g/mol. The zero-order chi connectivity index (χ0) is 8.95. The largest absolute Gasteiger partial charge is 0.479 e. The van der Waals surface area contributed by atoms with E-state index in [0.717, 1.165) is 26.1 Å². The molecule has 4 N–H and O–H groups in total. The summed E-state index contributed by atoms with van der Waals surface area (Å²) in [5.74, 6) is 0. The zero-order valence-corrected chi connectivity index (χ0v) is 7.81. The molecule has 0 rings (SSSR count). The summed E-state index contributed by atoms with van der Waals surface area (Å²) in [7, 11) is 8.77. The van der Waals surface area contributed by atoms with E-state index < -0.39 is 0 Å². The maximum Gasteiger partial charge on any atom is 0.0537 e. The van der Waals surface area contributed by atoms with Crippen LogP contribution in [0.4, 0.5) is 0 Å². The van der Waals surface area contributed by atoms with Crippen molar-refractivity contribution in [2.24, 2.45) is 0 Å². The Hall–Kier alpha value is -0.120. The van der Waals surface area contributed by atoms with E-state index in [9.17, 15) is 0 Å². The molecule has 0 spiro atoms. The van der Waals surface area contributed by atoms with Crippen LogP contribution < -0.4 is 10.6 Å². The molecule has 0 saturated heterocycles. The van der Waals surface area contributed by atoms with Crippen LogP contribution in [0.15, 0.2) is 0 Å². The van der Waals surface area contributed by atoms with Crippen LogP contribution in [-0.2, 0) is 4.74 Å². The lowest BCUT2D eigenvalue weighted by molar-refractivity contribution is -0.596. The molecule has 0 saturated carbocycles. The lowest BCUT2D eigenvalue weighted by Crippen LogP contribution is -2.77. The Morgan fingerprint density at radius 3 is 2.09 bits per heavy atom. The Morgan fingerprint density at radius 2 is 1.82 bits per heavy atom. The predicted molar refractivity (Wildman–Crippen MR) is 46.5 cm³/mol. The molecule has 0 bridgehead atoms. The van der Waals surface area contributed by atoms with Crippen molar-refractivity contribution in [2.45, 2.75) is 13.3 Å². The standard InChI is InChI=1S/C5H13NO.C3H9N/c1-6-4-3-5-7-2;1-3-4-2/h1,3-6H2,2H3;2-4H2,1H3. The highest BCUT2D eigenvalue weighted by atomic mass is 16.5. The number of methoxy groups -OCH3 is 1. The van der Waals surface area contributed by atoms with Gasteiger partial charge in [0.15, 0.2) is 0 Å². The van der Waals surface area contributed by atoms with Crippen molar-refractivity contribution >= 4 is 0 Å². The Bertz CT molecular complexity index is 45.4. The van der Waals surface area contributed by atoms with Gasteiger partial charge in [0.25, 0.3) is 0 Å². The van der Waals surface area contributed by atoms with Crippen molar-refractivity contribution in [3.05, 3.63) is 14.1 Å². The number of ether oxygens (including phenoxy) is 1. The third-order valence-corrected chi connectivity index (χ3v) is 1.05. The molecule has 0 aromatic heterocycles. The van der Waals surface area contributed by atoms with Crippen molar-refractivity contribution < 1.29 is 15.4 Å². The van der Waals surface area contributed by atoms with Crippen LogP contribution in [-0.4, -0.2) is 26.8 Å². The summed E-state index contributed by atoms with van der Waals surface area (Å²) in [4.78, 5) is 0. The molecule has 0 aliphatic heterocycles. The van der Waals surface area contributed by atoms with Crippen molar-refractivity contribution in [1.29, 1.82) is 0 Å². The van der Waals surface area contributed by atoms with Crippen LogP contribution in [0.5, 0.6) is 0 Å². The lowest BCUT2D eigenvalue weighted by Gasteiger charge is -1.96. The van der Waals surface area contributed by atoms with E-state index in [2.05, 4.69) is 21.0 Å². The molecule has 0 atom stereocenters. The van der Waals surface area contributed by atoms with Crippen molar-refractivity contribution in [1.82, 2.24) is 0 Å². The molecule has 11 heavy (non-hydrogen) atoms. The van der Waals surface area contributed by atoms with Crippen LogP contribution in [0.2, 0.25) is 0 Å². The maximum atomic E-state index is 4.80. The second-order valence-electron chi connectivity index (χ2n) is 2.12. The highest BCUT2D eigenvalue weighted by molar-refractivity contribution is 4.25. The summed E-state index contributed by atoms with van der Waals surface area (Å²) >= 11 is 0. The fourth-order valence-corrected chi connectivity index (χ4v) is 0.372. The fraction of sp³-hybridized carbons (Fsp3) is 0.750. The molecule has 70 valence electrons. The number of nitrogens with two attached hydrogens (primary N) is 2. The van der Waals surface area contributed by atoms with Crippen LogP contribution in [0, 0.1) is 14.1 Å². The highest BCUT2D eigenvalue weighted by Crippen LogP contribution is 1.70. The van der Waals surface area contributed by atoms with Gasteiger partial charge in [-0.05, 0) is 6.92 Å². The molecule has 0 heterocycles. The summed E-state index contributed by atoms with van der Waals surface area (Å²) in [6, 6.07) is 0. The van der Waals surface area contributed by atoms with Crippen LogP contribution in [0.1, 0.15) is 13.3 Å². The minimum Gasteiger partial charge on any atom is -0.479 e. The first kappa shape index (κ1) is 13.5. The van der Waals surface area contributed by atoms with Crippen LogP contribution in [0.3, 0.4) is 0 Å². The monoisotopic (exact) mass is 162 g/mol. The van der Waals surface area contributed by atoms with Crippen molar-refractivity contribution in [3.8, 4) is 0 Å². The summed E-state index contributed by atoms with van der Waals surface area (Å²) in [5, 5.41) is 3.78. The smallest absolute Gasteiger partial charge is 0.0537 e. The van der Waals surface area contributed by atoms with Gasteiger partial charge in [-0.2, -0.15) is 14.1 Å². The molecule has 0 radical (unpaired) electrons. The molecule has 3 heteroatoms. The molecule has 0 aromatic rings. The normalized spacial score (nSPS) is 8.73. The first-order valence-electron chi connectivity index (χ1n) is 4.04. The van der Waals surface area contributed by atoms with E-state index in [1.807, 2.05) is 10.6 Å². The van der Waals surface area contributed by atoms with Gasteiger partial charge in [0.2, 0.25) is 0 Å². The van der Waals surface area contributed by atoms with Gasteiger partial charge in [0.1, 0.15) is 0 Å². The number of hydrogen-bond acceptors (Lipinski definition) is 1. The average Bonchev–Trinajstić information content (AvgIpc) is 2.06. The summed E-state index contributed by atoms with van der Waals surface area (Å²) in [5.41, 5.74) is 0. The van der Waals surface area contributed by atoms with E-state index in [0.29, 0.717) is 0 Å². The second kappa shape index (κ2) is 16.5. The lowest BCUT2D eigenvalue weighted by atomic mass is 10.5. The Morgan fingerprint density at radius 1 is 1.27 bits per heavy atom. The summed E-state index contributed by atoms with van der Waals surface area (Å²) in [6.07, 6.45) is 1.10. The maximum absolute atomic E-state index is 4.80. The van der Waals surface area contributed by atoms with E-state index in [4.69, 9.17) is 4.74 Å². The number of quaternary nitrogens is 2. The topological polar surface area (TPSA) is 42.5 Å². The molecule has 0 aliphatic rings. The molecule has 0 aromatic carbocycles. The van der Waals surface area contributed by atoms with Gasteiger partial charge in [0.05, 0.1) is 13.2 Å². The van der Waals surface area contributed by atoms with E-state index in [1.54, 1.807) is 7.11 Å². The fourth-order valence-electron chi connectivity index (χ4n) is 0.372. The van der Waals surface area contributed by atoms with Crippen LogP contribution in [0.25, 0.3) is 0 Å². The third-order valence-electron chi connectivity index (χ3n) is 1.05. The summed E-state index contributed by atoms with van der Waals surface area (Å²) < 4.78 is 4.80. The van der Waals surface area contributed by atoms with E-state index in [-0.39, 0.29) is 0 Å². The Balaban J connectivity index is 0. The van der Waals surface area contributed by atoms with Gasteiger partial charge in [0, 0.05) is 20.1 Å². The third kappa shape index (κ3) is 25.8. The van der Waals surface area contributed by atoms with Gasteiger partial charge < -0.3 is 15.4 Å². The quantitative estimate of drug-likeness (QED) is 0.384. The minimum atomic E-state index is 0.853. The van der Waals surface area contributed by atoms with Gasteiger partial charge in [-0.3, -0.25) is 0 Å². The second-order valence-corrected chi connectivity index (χ2v) is 2.12. The Kier molecular flexibility index (Phi) is 20.2. The van der Waals surface area contributed by atoms with Crippen molar-refractivity contribution in [2.75, 3.05) is 26.8 Å². The SMILES string of the molecule is [CH2-][NH2+]CC.[CH2-][NH2+]CCCOC. The highest BCUT2D eigenvalue weighted by Gasteiger charge is 1.79. The van der Waals surface area contributed by atoms with E-state index in [1.165, 1.54) is 0 Å². The number of hydrogen-bond donors (Lipinski definition) is 2. The van der Waals surface area contributed by atoms with E-state index >= 15 is 0 Å². The Labute approximate surface area is 70.5 Å². The van der Waals surface area contributed by atoms with Gasteiger partial charge in [-0.1, -0.05) is 0 Å². The molecule has 0 unspecified atom stereocenters. The molecule has 0 amide bonds. The molecular weight excluding hydrogens is 140 g/mol. The van der Waals surface area contributed by atoms with Crippen LogP contribution >= 0.6 is 0 Å². The van der Waals surface area contributed by atoms with Gasteiger partial charge in [-0.25, -0.2) is 0 Å². The first-order valence-corrected chi connectivity index (χ1v) is 4.04. The molecule has 0 aliphatic carbocycles. The molecular formula is C8H22N2O. The minimum absolute atomic E-state index is 0.853. The number of rotatable bonds is 5. The van der Waals surface area contributed by atoms with Crippen molar-refractivity contribution in [3.63, 3.8) is 0 Å². The first-order chi connectivity index (χ1) is 5.33. The summed E-state index contributed by atoms with van der Waals surface area (Å²) in [6.45, 7) is 5.06. The van der Waals surface area contributed by atoms with Gasteiger partial charge >= 0.3 is 0 Å². The zero-order valence-electron chi connectivity index (χ0n) is 7.81.